The van der Waals surface area contributed by atoms with E-state index in [0.29, 0.717) is 31.0 Å². The highest BCUT2D eigenvalue weighted by Crippen LogP contribution is 2.47. The maximum atomic E-state index is 13.1. The van der Waals surface area contributed by atoms with Crippen LogP contribution in [0.25, 0.3) is 5.82 Å². The Labute approximate surface area is 180 Å². The number of rotatable bonds is 3. The lowest BCUT2D eigenvalue weighted by atomic mass is 9.88. The summed E-state index contributed by atoms with van der Waals surface area (Å²) in [5.74, 6) is 1.73. The lowest BCUT2D eigenvalue weighted by molar-refractivity contribution is -0.127. The van der Waals surface area contributed by atoms with Gasteiger partial charge in [-0.15, -0.1) is 0 Å². The summed E-state index contributed by atoms with van der Waals surface area (Å²) >= 11 is 0. The molecule has 160 valence electrons. The summed E-state index contributed by atoms with van der Waals surface area (Å²) in [6.07, 6.45) is 4.46. The number of aryl methyl sites for hydroxylation is 1. The van der Waals surface area contributed by atoms with Gasteiger partial charge in [0.2, 0.25) is 5.91 Å². The highest BCUT2D eigenvalue weighted by Gasteiger charge is 2.51. The van der Waals surface area contributed by atoms with E-state index >= 15 is 0 Å². The van der Waals surface area contributed by atoms with Crippen LogP contribution in [0, 0.1) is 6.92 Å². The molecule has 1 atom stereocenters. The van der Waals surface area contributed by atoms with Gasteiger partial charge in [-0.05, 0) is 49.7 Å². The smallest absolute Gasteiger partial charge is 0.289 e. The van der Waals surface area contributed by atoms with Crippen LogP contribution in [0.3, 0.4) is 0 Å². The SMILES string of the molecule is Cc1ccc(C(=O)N2CC[C@]3(C2)c2cccn2-c2ncccc2N3CC(=O)N(C)C)o1. The summed E-state index contributed by atoms with van der Waals surface area (Å²) in [6.45, 7) is 3.07. The van der Waals surface area contributed by atoms with E-state index in [2.05, 4.69) is 20.5 Å². The Bertz CT molecular complexity index is 1160. The van der Waals surface area contributed by atoms with E-state index in [1.807, 2.05) is 36.2 Å². The first kappa shape index (κ1) is 19.4. The van der Waals surface area contributed by atoms with Gasteiger partial charge in [-0.3, -0.25) is 9.59 Å². The average molecular weight is 419 g/mol. The summed E-state index contributed by atoms with van der Waals surface area (Å²) in [5.41, 5.74) is 1.41. The number of anilines is 1. The Morgan fingerprint density at radius 2 is 2.03 bits per heavy atom. The molecule has 1 spiro atoms. The molecule has 3 aromatic heterocycles. The zero-order valence-electron chi connectivity index (χ0n) is 17.9. The van der Waals surface area contributed by atoms with E-state index in [4.69, 9.17) is 4.42 Å². The number of likely N-dealkylation sites (N-methyl/N-ethyl adjacent to an activating group) is 1. The molecule has 5 rings (SSSR count). The molecule has 5 heterocycles. The van der Waals surface area contributed by atoms with E-state index < -0.39 is 5.54 Å². The Balaban J connectivity index is 1.59. The normalized spacial score (nSPS) is 19.5. The number of carbonyl (C=O) groups excluding carboxylic acids is 2. The highest BCUT2D eigenvalue weighted by atomic mass is 16.3. The summed E-state index contributed by atoms with van der Waals surface area (Å²) in [6, 6.07) is 11.5. The fourth-order valence-corrected chi connectivity index (χ4v) is 4.71. The van der Waals surface area contributed by atoms with Crippen molar-refractivity contribution in [2.75, 3.05) is 38.6 Å². The first-order chi connectivity index (χ1) is 14.9. The molecular weight excluding hydrogens is 394 g/mol. The lowest BCUT2D eigenvalue weighted by Crippen LogP contribution is -2.55. The number of furan rings is 1. The number of aromatic nitrogens is 2. The van der Waals surface area contributed by atoms with Crippen LogP contribution in [0.2, 0.25) is 0 Å². The van der Waals surface area contributed by atoms with Gasteiger partial charge in [0.1, 0.15) is 11.3 Å². The van der Waals surface area contributed by atoms with Crippen LogP contribution in [0.15, 0.2) is 53.2 Å². The van der Waals surface area contributed by atoms with Gasteiger partial charge >= 0.3 is 0 Å². The maximum Gasteiger partial charge on any atom is 0.289 e. The van der Waals surface area contributed by atoms with Crippen LogP contribution in [-0.2, 0) is 10.3 Å². The molecule has 2 aliphatic rings. The van der Waals surface area contributed by atoms with Gasteiger partial charge in [-0.1, -0.05) is 0 Å². The molecule has 0 N–H and O–H groups in total. The van der Waals surface area contributed by atoms with E-state index in [1.54, 1.807) is 37.3 Å². The van der Waals surface area contributed by atoms with Crippen molar-refractivity contribution >= 4 is 17.5 Å². The molecule has 0 saturated carbocycles. The van der Waals surface area contributed by atoms with Crippen molar-refractivity contribution in [3.8, 4) is 5.82 Å². The fourth-order valence-electron chi connectivity index (χ4n) is 4.71. The monoisotopic (exact) mass is 419 g/mol. The van der Waals surface area contributed by atoms with Crippen molar-refractivity contribution in [3.05, 3.63) is 66.0 Å². The third kappa shape index (κ3) is 2.93. The molecule has 8 nitrogen and oxygen atoms in total. The minimum atomic E-state index is -0.525. The molecule has 0 radical (unpaired) electrons. The van der Waals surface area contributed by atoms with E-state index in [1.165, 1.54) is 0 Å². The molecule has 3 aromatic rings. The van der Waals surface area contributed by atoms with Crippen molar-refractivity contribution in [2.24, 2.45) is 0 Å². The second-order valence-corrected chi connectivity index (χ2v) is 8.40. The van der Waals surface area contributed by atoms with Crippen LogP contribution in [-0.4, -0.2) is 64.9 Å². The van der Waals surface area contributed by atoms with Crippen LogP contribution < -0.4 is 4.90 Å². The molecule has 0 bridgehead atoms. The predicted molar refractivity (Wildman–Crippen MR) is 115 cm³/mol. The molecule has 0 aromatic carbocycles. The van der Waals surface area contributed by atoms with Crippen molar-refractivity contribution < 1.29 is 14.0 Å². The summed E-state index contributed by atoms with van der Waals surface area (Å²) in [5, 5.41) is 0. The van der Waals surface area contributed by atoms with Gasteiger partial charge in [0.25, 0.3) is 5.91 Å². The molecule has 1 saturated heterocycles. The molecule has 0 aliphatic carbocycles. The van der Waals surface area contributed by atoms with Gasteiger partial charge in [0.05, 0.1) is 24.5 Å². The summed E-state index contributed by atoms with van der Waals surface area (Å²) in [7, 11) is 3.52. The van der Waals surface area contributed by atoms with Crippen molar-refractivity contribution in [1.82, 2.24) is 19.4 Å². The van der Waals surface area contributed by atoms with Crippen LogP contribution >= 0.6 is 0 Å². The van der Waals surface area contributed by atoms with E-state index in [9.17, 15) is 9.59 Å². The zero-order valence-corrected chi connectivity index (χ0v) is 17.9. The van der Waals surface area contributed by atoms with Gasteiger partial charge in [0.15, 0.2) is 11.6 Å². The third-order valence-electron chi connectivity index (χ3n) is 6.31. The Hall–Kier alpha value is -3.55. The Morgan fingerprint density at radius 1 is 1.19 bits per heavy atom. The molecule has 0 unspecified atom stereocenters. The van der Waals surface area contributed by atoms with E-state index in [-0.39, 0.29) is 18.4 Å². The minimum Gasteiger partial charge on any atom is -0.456 e. The first-order valence-corrected chi connectivity index (χ1v) is 10.4. The second-order valence-electron chi connectivity index (χ2n) is 8.40. The number of hydrogen-bond acceptors (Lipinski definition) is 5. The molecule has 2 aliphatic heterocycles. The van der Waals surface area contributed by atoms with Crippen LogP contribution in [0.1, 0.15) is 28.4 Å². The summed E-state index contributed by atoms with van der Waals surface area (Å²) < 4.78 is 7.67. The Kier molecular flexibility index (Phi) is 4.39. The quantitative estimate of drug-likeness (QED) is 0.652. The largest absolute Gasteiger partial charge is 0.456 e. The van der Waals surface area contributed by atoms with Crippen molar-refractivity contribution in [3.63, 3.8) is 0 Å². The standard InChI is InChI=1S/C23H25N5O3/c1-16-8-9-18(31-16)22(30)26-13-10-23(15-26)19-7-5-12-27(19)21-17(6-4-11-24-21)28(23)14-20(29)25(2)3/h4-9,11-12H,10,13-15H2,1-3H3/t23-/m0/s1. The number of nitrogens with zero attached hydrogens (tertiary/aromatic N) is 5. The molecule has 2 amide bonds. The van der Waals surface area contributed by atoms with Gasteiger partial charge in [-0.2, -0.15) is 0 Å². The molecule has 31 heavy (non-hydrogen) atoms. The third-order valence-corrected chi connectivity index (χ3v) is 6.31. The Morgan fingerprint density at radius 3 is 2.77 bits per heavy atom. The van der Waals surface area contributed by atoms with Crippen LogP contribution in [0.5, 0.6) is 0 Å². The topological polar surface area (TPSA) is 74.8 Å². The molecule has 1 fully saturated rings. The van der Waals surface area contributed by atoms with Gasteiger partial charge in [-0.25, -0.2) is 4.98 Å². The average Bonchev–Trinajstić information content (AvgIpc) is 3.50. The molecular formula is C23H25N5O3. The minimum absolute atomic E-state index is 0.000574. The van der Waals surface area contributed by atoms with Crippen molar-refractivity contribution in [1.29, 1.82) is 0 Å². The molecule has 8 heteroatoms. The first-order valence-electron chi connectivity index (χ1n) is 10.4. The fraction of sp³-hybridized carbons (Fsp3) is 0.348. The number of carbonyl (C=O) groups is 2. The number of hydrogen-bond donors (Lipinski definition) is 0. The van der Waals surface area contributed by atoms with Crippen molar-refractivity contribution in [2.45, 2.75) is 18.9 Å². The van der Waals surface area contributed by atoms with Gasteiger partial charge < -0.3 is 23.7 Å². The number of fused-ring (bicyclic) bond motifs is 4. The zero-order chi connectivity index (χ0) is 21.8. The van der Waals surface area contributed by atoms with Crippen LogP contribution in [0.4, 0.5) is 5.69 Å². The highest BCUT2D eigenvalue weighted by molar-refractivity contribution is 5.92. The maximum absolute atomic E-state index is 13.1. The predicted octanol–water partition coefficient (Wildman–Crippen LogP) is 2.42. The lowest BCUT2D eigenvalue weighted by Gasteiger charge is -2.46. The number of likely N-dealkylation sites (tertiary alicyclic amines) is 1. The number of amides is 2. The van der Waals surface area contributed by atoms with E-state index in [0.717, 1.165) is 17.2 Å². The number of pyridine rings is 1. The second kappa shape index (κ2) is 7.01. The van der Waals surface area contributed by atoms with Gasteiger partial charge in [0, 0.05) is 33.0 Å². The summed E-state index contributed by atoms with van der Waals surface area (Å²) in [4.78, 5) is 36.1.